The second-order valence-corrected chi connectivity index (χ2v) is 8.24. The maximum Gasteiger partial charge on any atom is 0.251 e. The Hall–Kier alpha value is -2.68. The van der Waals surface area contributed by atoms with E-state index in [0.29, 0.717) is 17.1 Å². The van der Waals surface area contributed by atoms with Gasteiger partial charge in [-0.15, -0.1) is 0 Å². The number of pyridine rings is 1. The SMILES string of the molecule is COc1ccc(Cc2ncc(Br)c(C(=O)c3cc(F)cc(Cl)c3Cl)c2C(N)=O)c(OC)c1. The van der Waals surface area contributed by atoms with Crippen molar-refractivity contribution in [3.8, 4) is 11.5 Å². The Bertz CT molecular complexity index is 1240. The number of rotatable bonds is 7. The van der Waals surface area contributed by atoms with Crippen LogP contribution in [-0.4, -0.2) is 30.9 Å². The second-order valence-electron chi connectivity index (χ2n) is 6.60. The van der Waals surface area contributed by atoms with Crippen LogP contribution in [0.2, 0.25) is 10.0 Å². The maximum atomic E-state index is 13.9. The third-order valence-corrected chi connectivity index (χ3v) is 6.08. The van der Waals surface area contributed by atoms with Crippen LogP contribution in [-0.2, 0) is 6.42 Å². The van der Waals surface area contributed by atoms with Crippen molar-refractivity contribution in [2.45, 2.75) is 6.42 Å². The van der Waals surface area contributed by atoms with Gasteiger partial charge >= 0.3 is 0 Å². The summed E-state index contributed by atoms with van der Waals surface area (Å²) >= 11 is 15.3. The average Bonchev–Trinajstić information content (AvgIpc) is 2.76. The predicted octanol–water partition coefficient (Wildman–Crippen LogP) is 5.23. The molecule has 0 fully saturated rings. The van der Waals surface area contributed by atoms with Crippen molar-refractivity contribution in [1.82, 2.24) is 4.98 Å². The lowest BCUT2D eigenvalue weighted by Crippen LogP contribution is -2.21. The molecule has 6 nitrogen and oxygen atoms in total. The Balaban J connectivity index is 2.18. The molecule has 0 bridgehead atoms. The fourth-order valence-corrected chi connectivity index (χ4v) is 4.06. The summed E-state index contributed by atoms with van der Waals surface area (Å²) in [5, 5.41) is -0.278. The number of benzene rings is 2. The highest BCUT2D eigenvalue weighted by Gasteiger charge is 2.27. The van der Waals surface area contributed by atoms with E-state index in [0.717, 1.165) is 12.1 Å². The van der Waals surface area contributed by atoms with Crippen LogP contribution < -0.4 is 15.2 Å². The summed E-state index contributed by atoms with van der Waals surface area (Å²) in [6, 6.07) is 7.08. The lowest BCUT2D eigenvalue weighted by Gasteiger charge is -2.15. The van der Waals surface area contributed by atoms with Gasteiger partial charge in [-0.2, -0.15) is 0 Å². The van der Waals surface area contributed by atoms with Crippen LogP contribution in [0.25, 0.3) is 0 Å². The quantitative estimate of drug-likeness (QED) is 0.327. The minimum Gasteiger partial charge on any atom is -0.497 e. The molecule has 1 aromatic heterocycles. The van der Waals surface area contributed by atoms with Crippen molar-refractivity contribution < 1.29 is 23.5 Å². The minimum atomic E-state index is -0.886. The van der Waals surface area contributed by atoms with Crippen molar-refractivity contribution in [3.05, 3.63) is 84.8 Å². The number of aromatic nitrogens is 1. The van der Waals surface area contributed by atoms with Gasteiger partial charge in [0.2, 0.25) is 0 Å². The molecule has 0 aliphatic rings. The van der Waals surface area contributed by atoms with E-state index in [4.69, 9.17) is 38.4 Å². The Morgan fingerprint density at radius 1 is 1.12 bits per heavy atom. The number of carbonyl (C=O) groups is 2. The van der Waals surface area contributed by atoms with Crippen molar-refractivity contribution >= 4 is 50.8 Å². The van der Waals surface area contributed by atoms with Gasteiger partial charge in [0.05, 0.1) is 41.1 Å². The monoisotopic (exact) mass is 540 g/mol. The summed E-state index contributed by atoms with van der Waals surface area (Å²) in [4.78, 5) is 30.0. The number of nitrogens with two attached hydrogens (primary N) is 1. The van der Waals surface area contributed by atoms with Gasteiger partial charge in [0.25, 0.3) is 5.91 Å². The Morgan fingerprint density at radius 2 is 1.84 bits per heavy atom. The molecule has 0 saturated carbocycles. The number of amides is 1. The van der Waals surface area contributed by atoms with E-state index < -0.39 is 17.5 Å². The van der Waals surface area contributed by atoms with Gasteiger partial charge in [0, 0.05) is 34.3 Å². The van der Waals surface area contributed by atoms with E-state index in [2.05, 4.69) is 20.9 Å². The van der Waals surface area contributed by atoms with Crippen LogP contribution >= 0.6 is 39.1 Å². The van der Waals surface area contributed by atoms with Gasteiger partial charge < -0.3 is 15.2 Å². The molecule has 0 atom stereocenters. The molecular formula is C22H16BrCl2FN2O4. The second kappa shape index (κ2) is 9.85. The van der Waals surface area contributed by atoms with Gasteiger partial charge in [-0.1, -0.05) is 29.3 Å². The third-order valence-electron chi connectivity index (χ3n) is 4.67. The van der Waals surface area contributed by atoms with Crippen LogP contribution in [0.15, 0.2) is 41.0 Å². The summed E-state index contributed by atoms with van der Waals surface area (Å²) in [5.41, 5.74) is 6.10. The highest BCUT2D eigenvalue weighted by Crippen LogP contribution is 2.34. The first-order valence-electron chi connectivity index (χ1n) is 9.05. The average molecular weight is 542 g/mol. The van der Waals surface area contributed by atoms with Crippen LogP contribution in [0, 0.1) is 5.82 Å². The molecule has 0 unspecified atom stereocenters. The standard InChI is InChI=1S/C22H16BrCl2FN2O4/c1-31-12-4-3-10(17(8-12)32-2)5-16-19(22(27)30)18(14(23)9-28-16)21(29)13-6-11(26)7-15(24)20(13)25/h3-4,6-9H,5H2,1-2H3,(H2,27,30). The molecule has 0 spiro atoms. The summed E-state index contributed by atoms with van der Waals surface area (Å²) < 4.78 is 24.7. The molecule has 0 aliphatic heterocycles. The van der Waals surface area contributed by atoms with Gasteiger partial charge in [0.15, 0.2) is 5.78 Å². The highest BCUT2D eigenvalue weighted by atomic mass is 79.9. The lowest BCUT2D eigenvalue weighted by molar-refractivity contribution is 0.0979. The molecule has 3 rings (SSSR count). The number of methoxy groups -OCH3 is 2. The van der Waals surface area contributed by atoms with E-state index in [1.807, 2.05) is 0 Å². The molecule has 3 aromatic rings. The van der Waals surface area contributed by atoms with Crippen molar-refractivity contribution in [2.24, 2.45) is 5.73 Å². The Kier molecular flexibility index (Phi) is 7.38. The van der Waals surface area contributed by atoms with E-state index in [1.54, 1.807) is 18.2 Å². The largest absolute Gasteiger partial charge is 0.497 e. The number of hydrogen-bond acceptors (Lipinski definition) is 5. The maximum absolute atomic E-state index is 13.9. The molecule has 166 valence electrons. The first-order valence-corrected chi connectivity index (χ1v) is 10.6. The zero-order valence-corrected chi connectivity index (χ0v) is 19.9. The van der Waals surface area contributed by atoms with Crippen molar-refractivity contribution in [1.29, 1.82) is 0 Å². The molecule has 0 saturated heterocycles. The zero-order valence-electron chi connectivity index (χ0n) is 16.8. The van der Waals surface area contributed by atoms with Crippen LogP contribution in [0.3, 0.4) is 0 Å². The number of nitrogens with zero attached hydrogens (tertiary/aromatic N) is 1. The number of hydrogen-bond donors (Lipinski definition) is 1. The Morgan fingerprint density at radius 3 is 2.47 bits per heavy atom. The summed E-state index contributed by atoms with van der Waals surface area (Å²) in [7, 11) is 3.02. The van der Waals surface area contributed by atoms with Gasteiger partial charge in [0.1, 0.15) is 17.3 Å². The third kappa shape index (κ3) is 4.72. The van der Waals surface area contributed by atoms with E-state index in [1.165, 1.54) is 20.4 Å². The number of ketones is 1. The molecule has 1 heterocycles. The fraction of sp³-hybridized carbons (Fsp3) is 0.136. The van der Waals surface area contributed by atoms with E-state index in [9.17, 15) is 14.0 Å². The summed E-state index contributed by atoms with van der Waals surface area (Å²) in [5.74, 6) is -1.29. The molecule has 10 heteroatoms. The first kappa shape index (κ1) is 24.0. The van der Waals surface area contributed by atoms with E-state index >= 15 is 0 Å². The van der Waals surface area contributed by atoms with Gasteiger partial charge in [-0.25, -0.2) is 4.39 Å². The topological polar surface area (TPSA) is 91.5 Å². The molecule has 2 aromatic carbocycles. The number of ether oxygens (including phenoxy) is 2. The highest BCUT2D eigenvalue weighted by molar-refractivity contribution is 9.10. The van der Waals surface area contributed by atoms with Gasteiger partial charge in [-0.05, 0) is 34.1 Å². The number of carbonyl (C=O) groups excluding carboxylic acids is 2. The molecule has 0 radical (unpaired) electrons. The van der Waals surface area contributed by atoms with Crippen LogP contribution in [0.5, 0.6) is 11.5 Å². The summed E-state index contributed by atoms with van der Waals surface area (Å²) in [6.45, 7) is 0. The number of primary amides is 1. The molecule has 2 N–H and O–H groups in total. The molecular weight excluding hydrogens is 526 g/mol. The number of halogens is 4. The van der Waals surface area contributed by atoms with Crippen LogP contribution in [0.1, 0.15) is 37.5 Å². The first-order chi connectivity index (χ1) is 15.2. The van der Waals surface area contributed by atoms with Crippen molar-refractivity contribution in [2.75, 3.05) is 14.2 Å². The molecule has 32 heavy (non-hydrogen) atoms. The smallest absolute Gasteiger partial charge is 0.251 e. The predicted molar refractivity (Wildman–Crippen MR) is 123 cm³/mol. The zero-order chi connectivity index (χ0) is 23.6. The fourth-order valence-electron chi connectivity index (χ4n) is 3.18. The molecule has 0 aliphatic carbocycles. The lowest BCUT2D eigenvalue weighted by atomic mass is 9.94. The normalized spacial score (nSPS) is 10.7. The van der Waals surface area contributed by atoms with Crippen molar-refractivity contribution in [3.63, 3.8) is 0 Å². The Labute approximate surface area is 201 Å². The van der Waals surface area contributed by atoms with Crippen LogP contribution in [0.4, 0.5) is 4.39 Å². The van der Waals surface area contributed by atoms with E-state index in [-0.39, 0.29) is 43.3 Å². The summed E-state index contributed by atoms with van der Waals surface area (Å²) in [6.07, 6.45) is 1.48. The minimum absolute atomic E-state index is 0.0986. The van der Waals surface area contributed by atoms with Gasteiger partial charge in [-0.3, -0.25) is 14.6 Å². The molecule has 1 amide bonds.